The predicted molar refractivity (Wildman–Crippen MR) is 114 cm³/mol. The Hall–Kier alpha value is -2.58. The average molecular weight is 432 g/mol. The minimum atomic E-state index is -0.983. The zero-order valence-corrected chi connectivity index (χ0v) is 18.4. The molecule has 0 aliphatic carbocycles. The Morgan fingerprint density at radius 2 is 1.93 bits per heavy atom. The molecular formula is C22H26FN3O3S. The molecule has 6 nitrogen and oxygen atoms in total. The Bertz CT molecular complexity index is 997. The van der Waals surface area contributed by atoms with Gasteiger partial charge >= 0.3 is 0 Å². The van der Waals surface area contributed by atoms with Gasteiger partial charge in [-0.15, -0.1) is 11.3 Å². The lowest BCUT2D eigenvalue weighted by atomic mass is 9.94. The molecule has 0 fully saturated rings. The van der Waals surface area contributed by atoms with E-state index in [-0.39, 0.29) is 17.7 Å². The van der Waals surface area contributed by atoms with Gasteiger partial charge in [0.25, 0.3) is 5.91 Å². The van der Waals surface area contributed by atoms with Crippen molar-refractivity contribution in [3.05, 3.63) is 62.6 Å². The van der Waals surface area contributed by atoms with Gasteiger partial charge in [0.15, 0.2) is 5.76 Å². The topological polar surface area (TPSA) is 73.7 Å². The number of carbonyl (C=O) groups is 2. The van der Waals surface area contributed by atoms with Gasteiger partial charge in [-0.3, -0.25) is 9.59 Å². The van der Waals surface area contributed by atoms with E-state index in [1.54, 1.807) is 32.0 Å². The Kier molecular flexibility index (Phi) is 6.67. The van der Waals surface area contributed by atoms with Crippen molar-refractivity contribution >= 4 is 23.0 Å². The van der Waals surface area contributed by atoms with Gasteiger partial charge in [-0.25, -0.2) is 9.37 Å². The van der Waals surface area contributed by atoms with Crippen molar-refractivity contribution in [2.24, 2.45) is 0 Å². The van der Waals surface area contributed by atoms with Crippen LogP contribution >= 0.6 is 11.3 Å². The molecule has 2 heterocycles. The minimum absolute atomic E-state index is 0.0867. The summed E-state index contributed by atoms with van der Waals surface area (Å²) in [5.74, 6) is -2.28. The fourth-order valence-corrected chi connectivity index (χ4v) is 4.66. The summed E-state index contributed by atoms with van der Waals surface area (Å²) in [6.07, 6.45) is 0. The molecule has 0 spiro atoms. The number of ketones is 1. The van der Waals surface area contributed by atoms with E-state index in [4.69, 9.17) is 0 Å². The number of carbonyl (C=O) groups excluding carboxylic acids is 2. The van der Waals surface area contributed by atoms with E-state index in [1.807, 2.05) is 13.8 Å². The summed E-state index contributed by atoms with van der Waals surface area (Å²) in [5, 5.41) is 11.4. The maximum Gasteiger partial charge on any atom is 0.290 e. The van der Waals surface area contributed by atoms with Crippen LogP contribution in [0.3, 0.4) is 0 Å². The smallest absolute Gasteiger partial charge is 0.290 e. The summed E-state index contributed by atoms with van der Waals surface area (Å²) >= 11 is 1.20. The molecule has 0 radical (unpaired) electrons. The number of nitrogens with zero attached hydrogens (tertiary/aromatic N) is 3. The summed E-state index contributed by atoms with van der Waals surface area (Å²) in [6, 6.07) is 5.07. The quantitative estimate of drug-likeness (QED) is 0.644. The average Bonchev–Trinajstić information content (AvgIpc) is 3.19. The number of amides is 1. The minimum Gasteiger partial charge on any atom is -0.503 e. The van der Waals surface area contributed by atoms with Crippen molar-refractivity contribution < 1.29 is 19.1 Å². The first kappa shape index (κ1) is 22.1. The van der Waals surface area contributed by atoms with E-state index < -0.39 is 29.3 Å². The third kappa shape index (κ3) is 4.02. The number of aliphatic hydroxyl groups is 1. The van der Waals surface area contributed by atoms with E-state index in [0.717, 1.165) is 13.1 Å². The highest BCUT2D eigenvalue weighted by molar-refractivity contribution is 7.14. The highest BCUT2D eigenvalue weighted by atomic mass is 32.1. The number of aryl methyl sites for hydroxylation is 2. The SMILES string of the molecule is CCN(CC)CCN1C(=O)C(O)=C(C(=O)c2sc(C)nc2C)[C@@H]1c1ccccc1F. The molecule has 1 aliphatic heterocycles. The number of hydrogen-bond acceptors (Lipinski definition) is 6. The van der Waals surface area contributed by atoms with Crippen LogP contribution in [-0.4, -0.2) is 57.8 Å². The van der Waals surface area contributed by atoms with Crippen LogP contribution < -0.4 is 0 Å². The second-order valence-corrected chi connectivity index (χ2v) is 8.39. The molecule has 1 aliphatic rings. The Morgan fingerprint density at radius 1 is 1.27 bits per heavy atom. The van der Waals surface area contributed by atoms with E-state index in [0.29, 0.717) is 22.1 Å². The Labute approximate surface area is 179 Å². The molecule has 1 N–H and O–H groups in total. The van der Waals surface area contributed by atoms with Crippen LogP contribution in [0.25, 0.3) is 0 Å². The van der Waals surface area contributed by atoms with Crippen molar-refractivity contribution in [1.82, 2.24) is 14.8 Å². The first-order valence-electron chi connectivity index (χ1n) is 9.99. The number of thiazole rings is 1. The molecule has 160 valence electrons. The van der Waals surface area contributed by atoms with Crippen LogP contribution in [-0.2, 0) is 4.79 Å². The normalized spacial score (nSPS) is 16.8. The third-order valence-electron chi connectivity index (χ3n) is 5.41. The van der Waals surface area contributed by atoms with Gasteiger partial charge in [-0.2, -0.15) is 0 Å². The number of aliphatic hydroxyl groups excluding tert-OH is 1. The molecule has 8 heteroatoms. The lowest BCUT2D eigenvalue weighted by Gasteiger charge is -2.29. The van der Waals surface area contributed by atoms with Gasteiger partial charge in [0.05, 0.1) is 27.2 Å². The van der Waals surface area contributed by atoms with Gasteiger partial charge in [0, 0.05) is 18.7 Å². The van der Waals surface area contributed by atoms with Crippen molar-refractivity contribution in [3.8, 4) is 0 Å². The molecule has 0 saturated heterocycles. The molecule has 2 aromatic rings. The van der Waals surface area contributed by atoms with Crippen molar-refractivity contribution in [2.45, 2.75) is 33.7 Å². The molecule has 0 bridgehead atoms. The molecule has 1 atom stereocenters. The van der Waals surface area contributed by atoms with Gasteiger partial charge in [-0.1, -0.05) is 32.0 Å². The Balaban J connectivity index is 2.07. The highest BCUT2D eigenvalue weighted by Crippen LogP contribution is 2.40. The van der Waals surface area contributed by atoms with Crippen LogP contribution in [0.4, 0.5) is 4.39 Å². The monoisotopic (exact) mass is 431 g/mol. The zero-order valence-electron chi connectivity index (χ0n) is 17.6. The van der Waals surface area contributed by atoms with Crippen LogP contribution in [0.1, 0.15) is 45.8 Å². The predicted octanol–water partition coefficient (Wildman–Crippen LogP) is 3.82. The lowest BCUT2D eigenvalue weighted by molar-refractivity contribution is -0.129. The number of aromatic nitrogens is 1. The fourth-order valence-electron chi connectivity index (χ4n) is 3.79. The molecular weight excluding hydrogens is 405 g/mol. The molecule has 30 heavy (non-hydrogen) atoms. The van der Waals surface area contributed by atoms with Crippen LogP contribution in [0.5, 0.6) is 0 Å². The molecule has 1 amide bonds. The Morgan fingerprint density at radius 3 is 2.50 bits per heavy atom. The summed E-state index contributed by atoms with van der Waals surface area (Å²) in [6.45, 7) is 9.94. The lowest BCUT2D eigenvalue weighted by Crippen LogP contribution is -2.39. The second kappa shape index (κ2) is 9.06. The van der Waals surface area contributed by atoms with E-state index in [1.165, 1.54) is 22.3 Å². The number of Topliss-reactive ketones (excluding diaryl/α,β-unsaturated/α-hetero) is 1. The maximum absolute atomic E-state index is 14.7. The molecule has 0 unspecified atom stereocenters. The van der Waals surface area contributed by atoms with Crippen LogP contribution in [0.2, 0.25) is 0 Å². The maximum atomic E-state index is 14.7. The molecule has 1 aromatic heterocycles. The van der Waals surface area contributed by atoms with Gasteiger partial charge in [0.2, 0.25) is 5.78 Å². The van der Waals surface area contributed by atoms with Gasteiger partial charge in [0.1, 0.15) is 5.82 Å². The zero-order chi connectivity index (χ0) is 22.0. The first-order chi connectivity index (χ1) is 14.3. The van der Waals surface area contributed by atoms with Crippen molar-refractivity contribution in [2.75, 3.05) is 26.2 Å². The number of likely N-dealkylation sites (N-methyl/N-ethyl adjacent to an activating group) is 1. The van der Waals surface area contributed by atoms with E-state index >= 15 is 0 Å². The van der Waals surface area contributed by atoms with E-state index in [9.17, 15) is 19.1 Å². The molecule has 3 rings (SSSR count). The van der Waals surface area contributed by atoms with Crippen LogP contribution in [0, 0.1) is 19.7 Å². The molecule has 1 aromatic carbocycles. The van der Waals surface area contributed by atoms with Gasteiger partial charge in [-0.05, 0) is 33.0 Å². The second-order valence-electron chi connectivity index (χ2n) is 7.19. The first-order valence-corrected chi connectivity index (χ1v) is 10.8. The van der Waals surface area contributed by atoms with Crippen molar-refractivity contribution in [3.63, 3.8) is 0 Å². The number of hydrogen-bond donors (Lipinski definition) is 1. The highest BCUT2D eigenvalue weighted by Gasteiger charge is 2.45. The van der Waals surface area contributed by atoms with Crippen molar-refractivity contribution in [1.29, 1.82) is 0 Å². The van der Waals surface area contributed by atoms with E-state index in [2.05, 4.69) is 9.88 Å². The summed E-state index contributed by atoms with van der Waals surface area (Å²) in [7, 11) is 0. The summed E-state index contributed by atoms with van der Waals surface area (Å²) < 4.78 is 14.7. The van der Waals surface area contributed by atoms with Crippen LogP contribution in [0.15, 0.2) is 35.6 Å². The summed E-state index contributed by atoms with van der Waals surface area (Å²) in [5.41, 5.74) is 0.636. The number of benzene rings is 1. The third-order valence-corrected chi connectivity index (χ3v) is 6.48. The fraction of sp³-hybridized carbons (Fsp3) is 0.409. The number of rotatable bonds is 8. The summed E-state index contributed by atoms with van der Waals surface area (Å²) in [4.78, 5) is 34.5. The standard InChI is InChI=1S/C22H26FN3O3S/c1-5-25(6-2)11-12-26-18(15-9-7-8-10-16(15)23)17(20(28)22(26)29)19(27)21-13(3)24-14(4)30-21/h7-10,18,28H,5-6,11-12H2,1-4H3/t18-/m0/s1. The largest absolute Gasteiger partial charge is 0.503 e. The number of halogens is 1. The molecule has 0 saturated carbocycles. The van der Waals surface area contributed by atoms with Gasteiger partial charge < -0.3 is 14.9 Å².